The number of allylic oxidation sites excluding steroid dienone is 2. The van der Waals surface area contributed by atoms with Crippen molar-refractivity contribution in [3.8, 4) is 5.75 Å². The zero-order valence-electron chi connectivity index (χ0n) is 27.7. The zero-order chi connectivity index (χ0) is 33.0. The van der Waals surface area contributed by atoms with Gasteiger partial charge in [-0.25, -0.2) is 0 Å². The first kappa shape index (κ1) is 37.7. The number of Topliss-reactive ketones (excluding diaryl/α,β-unsaturated/α-hetero) is 2. The molecule has 0 saturated carbocycles. The maximum absolute atomic E-state index is 14.2. The van der Waals surface area contributed by atoms with E-state index in [9.17, 15) is 18.0 Å². The number of rotatable bonds is 18. The number of para-hydroxylation sites is 1. The van der Waals surface area contributed by atoms with Gasteiger partial charge in [0.15, 0.2) is 4.75 Å². The number of benzene rings is 3. The minimum atomic E-state index is -4.15. The molecule has 9 heteroatoms. The molecule has 3 aromatic rings. The average molecular weight is 679 g/mol. The molecule has 1 aliphatic rings. The lowest BCUT2D eigenvalue weighted by molar-refractivity contribution is -0.121. The van der Waals surface area contributed by atoms with E-state index < -0.39 is 14.9 Å². The standard InChI is InChI=1S/C38H44O7S.H3P/c1-29-33(35(40)37(44-3)36(43-2)34(29)39)27-19-8-6-4-5-7-9-20-28-38(30-21-13-10-14-22-30,31-23-15-11-16-24-31)46(41,42)45-32-25-17-12-18-26-32;/h10-18,21-26H,4-9,19-20,27-28H2,1-3H3;1H3. The molecule has 0 aliphatic heterocycles. The molecule has 1 atom stereocenters. The van der Waals surface area contributed by atoms with E-state index in [1.807, 2.05) is 66.7 Å². The fraction of sp³-hybridized carbons (Fsp3) is 0.368. The maximum Gasteiger partial charge on any atom is 0.323 e. The molecule has 0 bridgehead atoms. The van der Waals surface area contributed by atoms with Crippen molar-refractivity contribution in [2.45, 2.75) is 75.9 Å². The van der Waals surface area contributed by atoms with Crippen LogP contribution in [0.15, 0.2) is 114 Å². The average Bonchev–Trinajstić information content (AvgIpc) is 3.07. The number of methoxy groups -OCH3 is 2. The molecule has 0 amide bonds. The van der Waals surface area contributed by atoms with Gasteiger partial charge in [-0.1, -0.05) is 124 Å². The summed E-state index contributed by atoms with van der Waals surface area (Å²) in [5, 5.41) is 0. The van der Waals surface area contributed by atoms with Gasteiger partial charge in [0.1, 0.15) is 5.75 Å². The highest BCUT2D eigenvalue weighted by atomic mass is 32.2. The molecule has 0 heterocycles. The second-order valence-corrected chi connectivity index (χ2v) is 13.3. The van der Waals surface area contributed by atoms with Crippen LogP contribution < -0.4 is 4.18 Å². The fourth-order valence-corrected chi connectivity index (χ4v) is 7.94. The highest BCUT2D eigenvalue weighted by Crippen LogP contribution is 2.43. The molecule has 3 aromatic carbocycles. The summed E-state index contributed by atoms with van der Waals surface area (Å²) in [6.07, 6.45) is 8.34. The van der Waals surface area contributed by atoms with Crippen LogP contribution in [0, 0.1) is 0 Å². The van der Waals surface area contributed by atoms with Gasteiger partial charge in [0.25, 0.3) is 0 Å². The Morgan fingerprint density at radius 1 is 0.596 bits per heavy atom. The monoisotopic (exact) mass is 678 g/mol. The molecule has 4 rings (SSSR count). The van der Waals surface area contributed by atoms with Crippen molar-refractivity contribution in [2.75, 3.05) is 14.2 Å². The molecule has 0 fully saturated rings. The van der Waals surface area contributed by atoms with Gasteiger partial charge < -0.3 is 13.7 Å². The predicted octanol–water partition coefficient (Wildman–Crippen LogP) is 8.27. The molecule has 0 N–H and O–H groups in total. The molecule has 0 spiro atoms. The number of hydrogen-bond donors (Lipinski definition) is 0. The number of hydrogen-bond acceptors (Lipinski definition) is 7. The molecule has 7 nitrogen and oxygen atoms in total. The normalized spacial score (nSPS) is 13.8. The first-order chi connectivity index (χ1) is 22.3. The Kier molecular flexibility index (Phi) is 14.4. The summed E-state index contributed by atoms with van der Waals surface area (Å²) < 4.78 is 43.2. The maximum atomic E-state index is 14.2. The van der Waals surface area contributed by atoms with Crippen LogP contribution in [-0.2, 0) is 33.9 Å². The van der Waals surface area contributed by atoms with Crippen molar-refractivity contribution in [2.24, 2.45) is 0 Å². The van der Waals surface area contributed by atoms with Gasteiger partial charge in [0.2, 0.25) is 23.1 Å². The fourth-order valence-electron chi connectivity index (χ4n) is 6.19. The minimum Gasteiger partial charge on any atom is -0.489 e. The number of ether oxygens (including phenoxy) is 2. The van der Waals surface area contributed by atoms with Crippen molar-refractivity contribution in [1.29, 1.82) is 0 Å². The largest absolute Gasteiger partial charge is 0.489 e. The van der Waals surface area contributed by atoms with Gasteiger partial charge in [-0.2, -0.15) is 18.3 Å². The van der Waals surface area contributed by atoms with E-state index >= 15 is 0 Å². The van der Waals surface area contributed by atoms with E-state index in [1.54, 1.807) is 31.2 Å². The molecule has 1 aliphatic carbocycles. The van der Waals surface area contributed by atoms with Crippen molar-refractivity contribution in [3.05, 3.63) is 125 Å². The van der Waals surface area contributed by atoms with Gasteiger partial charge in [-0.3, -0.25) is 9.59 Å². The van der Waals surface area contributed by atoms with Crippen molar-refractivity contribution < 1.29 is 31.7 Å². The lowest BCUT2D eigenvalue weighted by Gasteiger charge is -2.34. The van der Waals surface area contributed by atoms with Crippen LogP contribution in [0.25, 0.3) is 0 Å². The molecule has 252 valence electrons. The van der Waals surface area contributed by atoms with Gasteiger partial charge in [0.05, 0.1) is 14.2 Å². The molecule has 0 aromatic heterocycles. The number of carbonyl (C=O) groups is 2. The lowest BCUT2D eigenvalue weighted by atomic mass is 9.85. The smallest absolute Gasteiger partial charge is 0.323 e. The van der Waals surface area contributed by atoms with Crippen molar-refractivity contribution >= 4 is 31.6 Å². The molecule has 47 heavy (non-hydrogen) atoms. The highest BCUT2D eigenvalue weighted by molar-refractivity contribution is 7.88. The topological polar surface area (TPSA) is 96.0 Å². The molecule has 1 unspecified atom stereocenters. The molecular formula is C38H47O7PS. The summed E-state index contributed by atoms with van der Waals surface area (Å²) in [5.74, 6) is -0.317. The zero-order valence-corrected chi connectivity index (χ0v) is 29.9. The van der Waals surface area contributed by atoms with Crippen LogP contribution in [0.5, 0.6) is 5.75 Å². The van der Waals surface area contributed by atoms with Crippen LogP contribution >= 0.6 is 9.90 Å². The van der Waals surface area contributed by atoms with Crippen LogP contribution in [0.3, 0.4) is 0 Å². The van der Waals surface area contributed by atoms with Crippen molar-refractivity contribution in [3.63, 3.8) is 0 Å². The van der Waals surface area contributed by atoms with E-state index in [2.05, 4.69) is 0 Å². The third-order valence-electron chi connectivity index (χ3n) is 8.66. The van der Waals surface area contributed by atoms with Gasteiger partial charge in [0, 0.05) is 11.1 Å². The van der Waals surface area contributed by atoms with Crippen LogP contribution in [0.1, 0.15) is 82.3 Å². The van der Waals surface area contributed by atoms with Crippen LogP contribution in [0.4, 0.5) is 0 Å². The summed E-state index contributed by atoms with van der Waals surface area (Å²) in [6, 6.07) is 27.4. The SMILES string of the molecule is COC1=C(OC)C(=O)C(CCCCCCCCCCC(c2ccccc2)(c2ccccc2)S(=O)(=O)Oc2ccccc2)=C(C)C1=O.P. The number of ketones is 2. The molecule has 0 saturated heterocycles. The summed E-state index contributed by atoms with van der Waals surface area (Å²) >= 11 is 0. The number of carbonyl (C=O) groups excluding carboxylic acids is 2. The van der Waals surface area contributed by atoms with E-state index in [0.717, 1.165) is 44.9 Å². The number of unbranched alkanes of at least 4 members (excludes halogenated alkanes) is 7. The Bertz CT molecular complexity index is 1590. The summed E-state index contributed by atoms with van der Waals surface area (Å²) in [4.78, 5) is 25.4. The van der Waals surface area contributed by atoms with E-state index in [-0.39, 0.29) is 33.0 Å². The lowest BCUT2D eigenvalue weighted by Crippen LogP contribution is -2.40. The summed E-state index contributed by atoms with van der Waals surface area (Å²) in [7, 11) is -1.41. The quantitative estimate of drug-likeness (QED) is 0.0578. The van der Waals surface area contributed by atoms with Crippen LogP contribution in [-0.4, -0.2) is 34.2 Å². The Morgan fingerprint density at radius 3 is 1.51 bits per heavy atom. The first-order valence-corrected chi connectivity index (χ1v) is 17.4. The third-order valence-corrected chi connectivity index (χ3v) is 10.6. The van der Waals surface area contributed by atoms with E-state index in [4.69, 9.17) is 13.7 Å². The Hall–Kier alpha value is -3.74. The first-order valence-electron chi connectivity index (χ1n) is 16.0. The Balaban J connectivity index is 0.00000600. The molecular weight excluding hydrogens is 631 g/mol. The highest BCUT2D eigenvalue weighted by Gasteiger charge is 2.48. The van der Waals surface area contributed by atoms with Gasteiger partial charge in [-0.15, -0.1) is 0 Å². The molecule has 0 radical (unpaired) electrons. The summed E-state index contributed by atoms with van der Waals surface area (Å²) in [6.45, 7) is 1.67. The second kappa shape index (κ2) is 18.0. The van der Waals surface area contributed by atoms with Crippen molar-refractivity contribution in [1.82, 2.24) is 0 Å². The Morgan fingerprint density at radius 2 is 1.02 bits per heavy atom. The third kappa shape index (κ3) is 8.79. The second-order valence-electron chi connectivity index (χ2n) is 11.6. The summed E-state index contributed by atoms with van der Waals surface area (Å²) in [5.41, 5.74) is 2.31. The minimum absolute atomic E-state index is 0. The van der Waals surface area contributed by atoms with Crippen LogP contribution in [0.2, 0.25) is 0 Å². The van der Waals surface area contributed by atoms with Gasteiger partial charge in [-0.05, 0) is 49.4 Å². The predicted molar refractivity (Wildman–Crippen MR) is 191 cm³/mol. The van der Waals surface area contributed by atoms with E-state index in [0.29, 0.717) is 47.3 Å². The van der Waals surface area contributed by atoms with E-state index in [1.165, 1.54) is 14.2 Å². The van der Waals surface area contributed by atoms with Gasteiger partial charge >= 0.3 is 10.1 Å². The Labute approximate surface area is 283 Å².